The molecule has 0 unspecified atom stereocenters. The van der Waals surface area contributed by atoms with Gasteiger partial charge in [0.05, 0.1) is 44.8 Å². The standard InChI is InChI=1S/C24H21Br2N3O8/c1-33-18-8-13(9-19(34-2)22(18)35-3)23(31)27-12-20(30)29-28-11-14-7-15(25)10-16(26)21(14)37-24(32)17-5-4-6-36-17/h4-11H,12H2,1-3H3,(H,27,31)(H,29,30). The van der Waals surface area contributed by atoms with E-state index in [4.69, 9.17) is 23.4 Å². The van der Waals surface area contributed by atoms with Gasteiger partial charge in [-0.05, 0) is 52.3 Å². The smallest absolute Gasteiger partial charge is 0.379 e. The molecule has 2 aromatic carbocycles. The summed E-state index contributed by atoms with van der Waals surface area (Å²) >= 11 is 6.70. The zero-order chi connectivity index (χ0) is 26.9. The molecule has 1 heterocycles. The van der Waals surface area contributed by atoms with Gasteiger partial charge in [-0.3, -0.25) is 9.59 Å². The van der Waals surface area contributed by atoms with E-state index in [2.05, 4.69) is 47.7 Å². The number of halogens is 2. The van der Waals surface area contributed by atoms with Crippen LogP contribution in [0.5, 0.6) is 23.0 Å². The zero-order valence-electron chi connectivity index (χ0n) is 19.8. The summed E-state index contributed by atoms with van der Waals surface area (Å²) in [7, 11) is 4.30. The number of benzene rings is 2. The average Bonchev–Trinajstić information content (AvgIpc) is 3.43. The quantitative estimate of drug-likeness (QED) is 0.147. The van der Waals surface area contributed by atoms with E-state index in [0.717, 1.165) is 0 Å². The molecule has 11 nitrogen and oxygen atoms in total. The molecule has 0 aliphatic rings. The monoisotopic (exact) mass is 637 g/mol. The fourth-order valence-electron chi connectivity index (χ4n) is 3.01. The third-order valence-corrected chi connectivity index (χ3v) is 5.73. The summed E-state index contributed by atoms with van der Waals surface area (Å²) in [5.74, 6) is -0.730. The molecular weight excluding hydrogens is 618 g/mol. The van der Waals surface area contributed by atoms with Crippen molar-refractivity contribution < 1.29 is 37.7 Å². The lowest BCUT2D eigenvalue weighted by Crippen LogP contribution is -2.35. The van der Waals surface area contributed by atoms with Crippen molar-refractivity contribution in [2.24, 2.45) is 5.10 Å². The Labute approximate surface area is 228 Å². The van der Waals surface area contributed by atoms with Crippen LogP contribution in [0.1, 0.15) is 26.5 Å². The summed E-state index contributed by atoms with van der Waals surface area (Å²) in [6.45, 7) is -0.366. The van der Waals surface area contributed by atoms with E-state index in [-0.39, 0.29) is 23.6 Å². The zero-order valence-corrected chi connectivity index (χ0v) is 23.0. The first-order valence-corrected chi connectivity index (χ1v) is 12.0. The van der Waals surface area contributed by atoms with Gasteiger partial charge < -0.3 is 28.7 Å². The molecule has 194 valence electrons. The van der Waals surface area contributed by atoms with E-state index >= 15 is 0 Å². The van der Waals surface area contributed by atoms with Gasteiger partial charge in [0.2, 0.25) is 11.5 Å². The van der Waals surface area contributed by atoms with Crippen LogP contribution in [0, 0.1) is 0 Å². The second-order valence-electron chi connectivity index (χ2n) is 7.06. The van der Waals surface area contributed by atoms with E-state index in [1.165, 1.54) is 52.0 Å². The minimum atomic E-state index is -0.707. The van der Waals surface area contributed by atoms with Gasteiger partial charge in [-0.15, -0.1) is 0 Å². The minimum Gasteiger partial charge on any atom is -0.493 e. The first kappa shape index (κ1) is 27.7. The predicted molar refractivity (Wildman–Crippen MR) is 140 cm³/mol. The number of esters is 1. The Morgan fingerprint density at radius 3 is 2.30 bits per heavy atom. The lowest BCUT2D eigenvalue weighted by atomic mass is 10.1. The van der Waals surface area contributed by atoms with Crippen molar-refractivity contribution in [2.45, 2.75) is 0 Å². The second kappa shape index (κ2) is 12.9. The summed E-state index contributed by atoms with van der Waals surface area (Å²) < 4.78 is 27.3. The summed E-state index contributed by atoms with van der Waals surface area (Å²) in [5, 5.41) is 6.38. The molecule has 3 rings (SSSR count). The summed E-state index contributed by atoms with van der Waals surface area (Å²) in [4.78, 5) is 37.1. The molecule has 2 amide bonds. The van der Waals surface area contributed by atoms with E-state index in [1.807, 2.05) is 0 Å². The summed E-state index contributed by atoms with van der Waals surface area (Å²) in [6.07, 6.45) is 2.64. The van der Waals surface area contributed by atoms with Gasteiger partial charge in [-0.25, -0.2) is 10.2 Å². The van der Waals surface area contributed by atoms with Crippen molar-refractivity contribution in [3.63, 3.8) is 0 Å². The van der Waals surface area contributed by atoms with Crippen LogP contribution in [0.2, 0.25) is 0 Å². The summed E-state index contributed by atoms with van der Waals surface area (Å²) in [5.41, 5.74) is 2.88. The predicted octanol–water partition coefficient (Wildman–Crippen LogP) is 3.93. The molecule has 0 spiro atoms. The lowest BCUT2D eigenvalue weighted by Gasteiger charge is -2.14. The van der Waals surface area contributed by atoms with Crippen LogP contribution in [0.4, 0.5) is 0 Å². The Hall–Kier alpha value is -3.84. The number of hydrogen-bond acceptors (Lipinski definition) is 9. The Balaban J connectivity index is 1.64. The van der Waals surface area contributed by atoms with Gasteiger partial charge in [-0.2, -0.15) is 5.10 Å². The number of nitrogens with zero attached hydrogens (tertiary/aromatic N) is 1. The van der Waals surface area contributed by atoms with Crippen LogP contribution in [-0.4, -0.2) is 51.9 Å². The number of amides is 2. The van der Waals surface area contributed by atoms with E-state index in [9.17, 15) is 14.4 Å². The fourth-order valence-corrected chi connectivity index (χ4v) is 4.35. The Kier molecular flexibility index (Phi) is 9.69. The average molecular weight is 639 g/mol. The topological polar surface area (TPSA) is 138 Å². The number of carbonyl (C=O) groups excluding carboxylic acids is 3. The molecule has 3 aromatic rings. The van der Waals surface area contributed by atoms with Crippen LogP contribution in [-0.2, 0) is 4.79 Å². The molecule has 37 heavy (non-hydrogen) atoms. The molecule has 13 heteroatoms. The highest BCUT2D eigenvalue weighted by molar-refractivity contribution is 9.11. The van der Waals surface area contributed by atoms with Crippen molar-refractivity contribution in [1.29, 1.82) is 0 Å². The highest BCUT2D eigenvalue weighted by atomic mass is 79.9. The third kappa shape index (κ3) is 7.11. The molecule has 0 bridgehead atoms. The molecule has 1 aromatic heterocycles. The fraction of sp³-hybridized carbons (Fsp3) is 0.167. The second-order valence-corrected chi connectivity index (χ2v) is 8.83. The molecule has 0 fully saturated rings. The van der Waals surface area contributed by atoms with Crippen LogP contribution in [0.3, 0.4) is 0 Å². The maximum absolute atomic E-state index is 12.6. The van der Waals surface area contributed by atoms with Gasteiger partial charge in [0.15, 0.2) is 17.2 Å². The first-order chi connectivity index (χ1) is 17.8. The number of furan rings is 1. The van der Waals surface area contributed by atoms with E-state index in [0.29, 0.717) is 31.8 Å². The number of nitrogens with one attached hydrogen (secondary N) is 2. The van der Waals surface area contributed by atoms with Crippen LogP contribution in [0.15, 0.2) is 61.1 Å². The van der Waals surface area contributed by atoms with Crippen molar-refractivity contribution in [1.82, 2.24) is 10.7 Å². The number of ether oxygens (including phenoxy) is 4. The molecular formula is C24H21Br2N3O8. The highest BCUT2D eigenvalue weighted by Crippen LogP contribution is 2.38. The van der Waals surface area contributed by atoms with Crippen molar-refractivity contribution >= 4 is 55.9 Å². The molecule has 2 N–H and O–H groups in total. The largest absolute Gasteiger partial charge is 0.493 e. The van der Waals surface area contributed by atoms with Crippen molar-refractivity contribution in [3.8, 4) is 23.0 Å². The number of carbonyl (C=O) groups is 3. The lowest BCUT2D eigenvalue weighted by molar-refractivity contribution is -0.120. The maximum atomic E-state index is 12.6. The van der Waals surface area contributed by atoms with E-state index < -0.39 is 17.8 Å². The SMILES string of the molecule is COc1cc(C(=O)NCC(=O)NN=Cc2cc(Br)cc(Br)c2OC(=O)c2ccco2)cc(OC)c1OC. The normalized spacial score (nSPS) is 10.6. The Morgan fingerprint density at radius 2 is 1.70 bits per heavy atom. The van der Waals surface area contributed by atoms with Gasteiger partial charge in [0, 0.05) is 15.6 Å². The summed E-state index contributed by atoms with van der Waals surface area (Å²) in [6, 6.07) is 9.27. The number of hydrogen-bond donors (Lipinski definition) is 2. The molecule has 0 radical (unpaired) electrons. The minimum absolute atomic E-state index is 0.0221. The van der Waals surface area contributed by atoms with Crippen molar-refractivity contribution in [2.75, 3.05) is 27.9 Å². The number of methoxy groups -OCH3 is 3. The Bertz CT molecular complexity index is 1300. The molecule has 0 aliphatic heterocycles. The number of hydrazone groups is 1. The molecule has 0 saturated heterocycles. The maximum Gasteiger partial charge on any atom is 0.379 e. The van der Waals surface area contributed by atoms with Crippen molar-refractivity contribution in [3.05, 3.63) is 68.5 Å². The van der Waals surface area contributed by atoms with Crippen LogP contribution >= 0.6 is 31.9 Å². The number of rotatable bonds is 10. The van der Waals surface area contributed by atoms with E-state index in [1.54, 1.807) is 18.2 Å². The van der Waals surface area contributed by atoms with Crippen LogP contribution < -0.4 is 29.7 Å². The van der Waals surface area contributed by atoms with Crippen LogP contribution in [0.25, 0.3) is 0 Å². The highest BCUT2D eigenvalue weighted by Gasteiger charge is 2.19. The molecule has 0 atom stereocenters. The molecule has 0 aliphatic carbocycles. The Morgan fingerprint density at radius 1 is 1.00 bits per heavy atom. The molecule has 0 saturated carbocycles. The van der Waals surface area contributed by atoms with Gasteiger partial charge in [-0.1, -0.05) is 15.9 Å². The van der Waals surface area contributed by atoms with Gasteiger partial charge in [0.25, 0.3) is 11.8 Å². The third-order valence-electron chi connectivity index (χ3n) is 4.68. The van der Waals surface area contributed by atoms with Gasteiger partial charge >= 0.3 is 5.97 Å². The van der Waals surface area contributed by atoms with Gasteiger partial charge in [0.1, 0.15) is 0 Å². The first-order valence-electron chi connectivity index (χ1n) is 10.4.